The van der Waals surface area contributed by atoms with E-state index in [9.17, 15) is 0 Å². The standard InChI is InChI=1S/C15H19NOS/c1-4-11(2)14-10-18-15(16-14)9-12-6-5-7-13(8-12)17-3/h5-8,10-11H,4,9H2,1-3H3. The number of rotatable bonds is 5. The van der Waals surface area contributed by atoms with Crippen molar-refractivity contribution < 1.29 is 4.74 Å². The van der Waals surface area contributed by atoms with Gasteiger partial charge in [-0.2, -0.15) is 0 Å². The maximum Gasteiger partial charge on any atom is 0.119 e. The molecular weight excluding hydrogens is 242 g/mol. The molecule has 18 heavy (non-hydrogen) atoms. The van der Waals surface area contributed by atoms with Crippen LogP contribution in [0.1, 0.15) is 42.5 Å². The average Bonchev–Trinajstić information content (AvgIpc) is 2.86. The first kappa shape index (κ1) is 13.1. The molecule has 1 unspecified atom stereocenters. The van der Waals surface area contributed by atoms with Gasteiger partial charge in [-0.05, 0) is 30.0 Å². The molecular formula is C15H19NOS. The van der Waals surface area contributed by atoms with Gasteiger partial charge in [0.2, 0.25) is 0 Å². The van der Waals surface area contributed by atoms with Crippen LogP contribution < -0.4 is 4.74 Å². The van der Waals surface area contributed by atoms with E-state index >= 15 is 0 Å². The smallest absolute Gasteiger partial charge is 0.119 e. The van der Waals surface area contributed by atoms with Gasteiger partial charge in [0.15, 0.2) is 0 Å². The van der Waals surface area contributed by atoms with Crippen molar-refractivity contribution >= 4 is 11.3 Å². The van der Waals surface area contributed by atoms with E-state index in [0.29, 0.717) is 5.92 Å². The number of nitrogens with zero attached hydrogens (tertiary/aromatic N) is 1. The normalized spacial score (nSPS) is 12.4. The molecule has 1 heterocycles. The molecule has 1 aromatic carbocycles. The third kappa shape index (κ3) is 3.10. The summed E-state index contributed by atoms with van der Waals surface area (Å²) in [5.74, 6) is 1.46. The molecule has 0 aliphatic rings. The highest BCUT2D eigenvalue weighted by atomic mass is 32.1. The Kier molecular flexibility index (Phi) is 4.37. The van der Waals surface area contributed by atoms with E-state index in [2.05, 4.69) is 31.4 Å². The molecule has 0 saturated carbocycles. The van der Waals surface area contributed by atoms with E-state index in [4.69, 9.17) is 9.72 Å². The first-order chi connectivity index (χ1) is 8.72. The van der Waals surface area contributed by atoms with Gasteiger partial charge in [-0.15, -0.1) is 11.3 Å². The van der Waals surface area contributed by atoms with Crippen LogP contribution in [-0.2, 0) is 6.42 Å². The summed E-state index contributed by atoms with van der Waals surface area (Å²) >= 11 is 1.75. The number of aromatic nitrogens is 1. The number of methoxy groups -OCH3 is 1. The largest absolute Gasteiger partial charge is 0.497 e. The monoisotopic (exact) mass is 261 g/mol. The molecule has 0 saturated heterocycles. The van der Waals surface area contributed by atoms with Crippen LogP contribution in [-0.4, -0.2) is 12.1 Å². The minimum absolute atomic E-state index is 0.556. The Morgan fingerprint density at radius 1 is 1.39 bits per heavy atom. The fraction of sp³-hybridized carbons (Fsp3) is 0.400. The third-order valence-electron chi connectivity index (χ3n) is 3.18. The Morgan fingerprint density at radius 3 is 2.94 bits per heavy atom. The number of benzene rings is 1. The zero-order chi connectivity index (χ0) is 13.0. The summed E-state index contributed by atoms with van der Waals surface area (Å²) in [4.78, 5) is 4.71. The van der Waals surface area contributed by atoms with Gasteiger partial charge in [-0.25, -0.2) is 4.98 Å². The summed E-state index contributed by atoms with van der Waals surface area (Å²) in [6.07, 6.45) is 2.03. The first-order valence-electron chi connectivity index (χ1n) is 6.30. The lowest BCUT2D eigenvalue weighted by atomic mass is 10.1. The number of ether oxygens (including phenoxy) is 1. The number of hydrogen-bond acceptors (Lipinski definition) is 3. The van der Waals surface area contributed by atoms with Crippen LogP contribution in [0.3, 0.4) is 0 Å². The van der Waals surface area contributed by atoms with Gasteiger partial charge in [0, 0.05) is 11.8 Å². The van der Waals surface area contributed by atoms with Gasteiger partial charge in [-0.3, -0.25) is 0 Å². The molecule has 1 aromatic heterocycles. The van der Waals surface area contributed by atoms with E-state index in [-0.39, 0.29) is 0 Å². The second kappa shape index (κ2) is 6.01. The van der Waals surface area contributed by atoms with Crippen LogP contribution in [0.15, 0.2) is 29.6 Å². The minimum Gasteiger partial charge on any atom is -0.497 e. The summed E-state index contributed by atoms with van der Waals surface area (Å²) in [6.45, 7) is 4.43. The topological polar surface area (TPSA) is 22.1 Å². The maximum atomic E-state index is 5.24. The van der Waals surface area contributed by atoms with Crippen molar-refractivity contribution in [2.75, 3.05) is 7.11 Å². The highest BCUT2D eigenvalue weighted by Gasteiger charge is 2.08. The Morgan fingerprint density at radius 2 is 2.22 bits per heavy atom. The number of hydrogen-bond donors (Lipinski definition) is 0. The van der Waals surface area contributed by atoms with Gasteiger partial charge in [0.25, 0.3) is 0 Å². The molecule has 96 valence electrons. The summed E-state index contributed by atoms with van der Waals surface area (Å²) in [7, 11) is 1.70. The molecule has 2 rings (SSSR count). The van der Waals surface area contributed by atoms with Crippen LogP contribution in [0.5, 0.6) is 5.75 Å². The summed E-state index contributed by atoms with van der Waals surface area (Å²) in [5.41, 5.74) is 2.47. The molecule has 3 heteroatoms. The van der Waals surface area contributed by atoms with Crippen LogP contribution in [0.2, 0.25) is 0 Å². The lowest BCUT2D eigenvalue weighted by molar-refractivity contribution is 0.414. The Balaban J connectivity index is 2.11. The quantitative estimate of drug-likeness (QED) is 0.802. The molecule has 0 aliphatic carbocycles. The van der Waals surface area contributed by atoms with Crippen LogP contribution in [0.25, 0.3) is 0 Å². The molecule has 2 nitrogen and oxygen atoms in total. The predicted molar refractivity (Wildman–Crippen MR) is 76.6 cm³/mol. The van der Waals surface area contributed by atoms with Crippen molar-refractivity contribution in [1.29, 1.82) is 0 Å². The highest BCUT2D eigenvalue weighted by molar-refractivity contribution is 7.09. The Bertz CT molecular complexity index is 507. The fourth-order valence-corrected chi connectivity index (χ4v) is 2.75. The maximum absolute atomic E-state index is 5.24. The van der Waals surface area contributed by atoms with E-state index in [0.717, 1.165) is 18.6 Å². The average molecular weight is 261 g/mol. The van der Waals surface area contributed by atoms with E-state index in [1.165, 1.54) is 16.3 Å². The highest BCUT2D eigenvalue weighted by Crippen LogP contribution is 2.23. The Labute approximate surface area is 113 Å². The summed E-state index contributed by atoms with van der Waals surface area (Å²) < 4.78 is 5.24. The second-order valence-corrected chi connectivity index (χ2v) is 5.45. The second-order valence-electron chi connectivity index (χ2n) is 4.50. The van der Waals surface area contributed by atoms with Gasteiger partial charge in [-0.1, -0.05) is 26.0 Å². The van der Waals surface area contributed by atoms with Crippen molar-refractivity contribution in [3.63, 3.8) is 0 Å². The third-order valence-corrected chi connectivity index (χ3v) is 4.04. The predicted octanol–water partition coefficient (Wildman–Crippen LogP) is 4.26. The SMILES string of the molecule is CCC(C)c1csc(Cc2cccc(OC)c2)n1. The van der Waals surface area contributed by atoms with Crippen molar-refractivity contribution in [1.82, 2.24) is 4.98 Å². The van der Waals surface area contributed by atoms with Gasteiger partial charge in [0.05, 0.1) is 17.8 Å². The zero-order valence-corrected chi connectivity index (χ0v) is 12.0. The lowest BCUT2D eigenvalue weighted by Crippen LogP contribution is -1.93. The van der Waals surface area contributed by atoms with Crippen LogP contribution >= 0.6 is 11.3 Å². The fourth-order valence-electron chi connectivity index (χ4n) is 1.80. The van der Waals surface area contributed by atoms with E-state index in [1.807, 2.05) is 12.1 Å². The molecule has 2 aromatic rings. The molecule has 0 N–H and O–H groups in total. The molecule has 1 atom stereocenters. The van der Waals surface area contributed by atoms with Crippen molar-refractivity contribution in [3.05, 3.63) is 45.9 Å². The van der Waals surface area contributed by atoms with Crippen LogP contribution in [0.4, 0.5) is 0 Å². The molecule has 0 radical (unpaired) electrons. The summed E-state index contributed by atoms with van der Waals surface area (Å²) in [6, 6.07) is 8.18. The van der Waals surface area contributed by atoms with Crippen molar-refractivity contribution in [2.24, 2.45) is 0 Å². The molecule has 0 fully saturated rings. The van der Waals surface area contributed by atoms with Crippen molar-refractivity contribution in [3.8, 4) is 5.75 Å². The molecule has 0 amide bonds. The van der Waals surface area contributed by atoms with Gasteiger partial charge in [0.1, 0.15) is 5.75 Å². The van der Waals surface area contributed by atoms with E-state index in [1.54, 1.807) is 18.4 Å². The van der Waals surface area contributed by atoms with Gasteiger partial charge >= 0.3 is 0 Å². The number of thiazole rings is 1. The minimum atomic E-state index is 0.556. The van der Waals surface area contributed by atoms with E-state index < -0.39 is 0 Å². The zero-order valence-electron chi connectivity index (χ0n) is 11.1. The lowest BCUT2D eigenvalue weighted by Gasteiger charge is -2.04. The molecule has 0 aliphatic heterocycles. The van der Waals surface area contributed by atoms with Gasteiger partial charge < -0.3 is 4.74 Å². The first-order valence-corrected chi connectivity index (χ1v) is 7.18. The molecule has 0 bridgehead atoms. The summed E-state index contributed by atoms with van der Waals surface area (Å²) in [5, 5.41) is 3.36. The molecule has 0 spiro atoms. The Hall–Kier alpha value is -1.35. The van der Waals surface area contributed by atoms with Crippen molar-refractivity contribution in [2.45, 2.75) is 32.6 Å². The van der Waals surface area contributed by atoms with Crippen LogP contribution in [0, 0.1) is 0 Å².